The topological polar surface area (TPSA) is 142 Å². The van der Waals surface area contributed by atoms with Crippen LogP contribution < -0.4 is 9.62 Å². The van der Waals surface area contributed by atoms with E-state index in [4.69, 9.17) is 4.74 Å². The van der Waals surface area contributed by atoms with E-state index in [2.05, 4.69) is 29.8 Å². The number of sulfonamides is 1. The largest absolute Gasteiger partial charge is 0.378 e. The number of alkyl halides is 2. The Morgan fingerprint density at radius 2 is 2.12 bits per heavy atom. The molecule has 4 heterocycles. The number of hydrogen-bond donors (Lipinski definition) is 1. The van der Waals surface area contributed by atoms with Crippen molar-refractivity contribution in [2.75, 3.05) is 45.3 Å². The van der Waals surface area contributed by atoms with E-state index in [0.717, 1.165) is 6.54 Å². The second kappa shape index (κ2) is 9.93. The molecule has 0 bridgehead atoms. The van der Waals surface area contributed by atoms with Gasteiger partial charge >= 0.3 is 0 Å². The molecule has 1 aromatic carbocycles. The summed E-state index contributed by atoms with van der Waals surface area (Å²) in [6.07, 6.45) is -0.577. The maximum absolute atomic E-state index is 13.4. The van der Waals surface area contributed by atoms with Gasteiger partial charge in [0.05, 0.1) is 41.1 Å². The van der Waals surface area contributed by atoms with Gasteiger partial charge in [0.2, 0.25) is 15.2 Å². The SMILES string of the molecule is CN(CC1COCCN1C)c1ncnc2c1c1ccc(S(=O)(=O)NC3(C#N)CC3)cc1n2-c1nnc(C(F)F)s1. The summed E-state index contributed by atoms with van der Waals surface area (Å²) in [7, 11) is -0.130. The number of nitrogens with zero attached hydrogens (tertiary/aromatic N) is 8. The summed E-state index contributed by atoms with van der Waals surface area (Å²) in [5, 5.41) is 17.9. The molecule has 6 rings (SSSR count). The molecule has 2 aliphatic rings. The van der Waals surface area contributed by atoms with E-state index in [0.29, 0.717) is 71.7 Å². The molecule has 4 aromatic rings. The van der Waals surface area contributed by atoms with Crippen LogP contribution in [0, 0.1) is 11.3 Å². The minimum absolute atomic E-state index is 0.0759. The molecular formula is C24H25F2N9O3S2. The molecule has 1 unspecified atom stereocenters. The van der Waals surface area contributed by atoms with Gasteiger partial charge < -0.3 is 9.64 Å². The highest BCUT2D eigenvalue weighted by Crippen LogP contribution is 2.39. The first kappa shape index (κ1) is 26.8. The Morgan fingerprint density at radius 1 is 1.32 bits per heavy atom. The lowest BCUT2D eigenvalue weighted by atomic mass is 10.2. The van der Waals surface area contributed by atoms with Gasteiger partial charge in [-0.2, -0.15) is 9.98 Å². The standard InChI is InChI=1S/C24H25F2N9O3S2/c1-33-7-8-38-11-14(33)10-34(2)20-18-16-4-3-15(40(36,37)32-24(12-27)5-6-24)9-17(16)35(21(18)29-13-28-20)23-31-30-22(39-23)19(25)26/h3-4,9,13-14,19,32H,5-8,10-11H2,1-2H3. The first-order valence-electron chi connectivity index (χ1n) is 12.5. The number of anilines is 1. The van der Waals surface area contributed by atoms with Crippen LogP contribution in [0.15, 0.2) is 29.4 Å². The van der Waals surface area contributed by atoms with Gasteiger partial charge in [-0.15, -0.1) is 10.2 Å². The zero-order chi connectivity index (χ0) is 28.2. The fourth-order valence-corrected chi connectivity index (χ4v) is 6.98. The zero-order valence-electron chi connectivity index (χ0n) is 21.6. The van der Waals surface area contributed by atoms with Gasteiger partial charge in [0.25, 0.3) is 6.43 Å². The molecule has 0 spiro atoms. The van der Waals surface area contributed by atoms with Crippen molar-refractivity contribution in [2.45, 2.75) is 35.7 Å². The van der Waals surface area contributed by atoms with Crippen LogP contribution in [-0.2, 0) is 14.8 Å². The summed E-state index contributed by atoms with van der Waals surface area (Å²) in [5.74, 6) is 0.585. The first-order chi connectivity index (χ1) is 19.1. The Bertz CT molecular complexity index is 1750. The predicted octanol–water partition coefficient (Wildman–Crippen LogP) is 2.46. The van der Waals surface area contributed by atoms with Gasteiger partial charge in [-0.05, 0) is 32.0 Å². The molecular weight excluding hydrogens is 564 g/mol. The Balaban J connectivity index is 1.52. The molecule has 16 heteroatoms. The highest BCUT2D eigenvalue weighted by Gasteiger charge is 2.47. The number of aromatic nitrogens is 5. The third kappa shape index (κ3) is 4.67. The minimum Gasteiger partial charge on any atom is -0.378 e. The molecule has 1 N–H and O–H groups in total. The van der Waals surface area contributed by atoms with Crippen LogP contribution >= 0.6 is 11.3 Å². The Hall–Kier alpha value is -3.36. The number of benzene rings is 1. The summed E-state index contributed by atoms with van der Waals surface area (Å²) < 4.78 is 63.0. The van der Waals surface area contributed by atoms with E-state index in [9.17, 15) is 22.5 Å². The molecule has 210 valence electrons. The van der Waals surface area contributed by atoms with Crippen molar-refractivity contribution in [3.8, 4) is 11.2 Å². The fraction of sp³-hybridized carbons (Fsp3) is 0.458. The number of rotatable bonds is 8. The summed E-state index contributed by atoms with van der Waals surface area (Å²) in [6, 6.07) is 6.66. The zero-order valence-corrected chi connectivity index (χ0v) is 23.2. The molecule has 1 aliphatic carbocycles. The molecule has 0 amide bonds. The summed E-state index contributed by atoms with van der Waals surface area (Å²) >= 11 is 0.694. The van der Waals surface area contributed by atoms with Crippen LogP contribution in [0.2, 0.25) is 0 Å². The van der Waals surface area contributed by atoms with Crippen LogP contribution in [0.5, 0.6) is 0 Å². The summed E-state index contributed by atoms with van der Waals surface area (Å²) in [5.41, 5.74) is -0.358. The van der Waals surface area contributed by atoms with Crippen LogP contribution in [0.25, 0.3) is 27.1 Å². The Kier molecular flexibility index (Phi) is 6.66. The number of hydrogen-bond acceptors (Lipinski definition) is 11. The third-order valence-corrected chi connectivity index (χ3v) is 9.73. The Morgan fingerprint density at radius 3 is 2.80 bits per heavy atom. The lowest BCUT2D eigenvalue weighted by Gasteiger charge is -2.35. The number of halogens is 2. The van der Waals surface area contributed by atoms with Crippen molar-refractivity contribution in [3.05, 3.63) is 29.5 Å². The van der Waals surface area contributed by atoms with Crippen molar-refractivity contribution < 1.29 is 21.9 Å². The van der Waals surface area contributed by atoms with Gasteiger partial charge in [0.15, 0.2) is 10.7 Å². The third-order valence-electron chi connectivity index (χ3n) is 7.28. The number of likely N-dealkylation sites (N-methyl/N-ethyl adjacent to an activating group) is 2. The number of morpholine rings is 1. The molecule has 40 heavy (non-hydrogen) atoms. The van der Waals surface area contributed by atoms with Gasteiger partial charge in [-0.25, -0.2) is 27.2 Å². The van der Waals surface area contributed by atoms with E-state index >= 15 is 0 Å². The predicted molar refractivity (Wildman–Crippen MR) is 143 cm³/mol. The first-order valence-corrected chi connectivity index (χ1v) is 14.8. The van der Waals surface area contributed by atoms with Gasteiger partial charge in [0.1, 0.15) is 17.7 Å². The van der Waals surface area contributed by atoms with Crippen LogP contribution in [0.4, 0.5) is 14.6 Å². The molecule has 1 atom stereocenters. The second-order valence-electron chi connectivity index (χ2n) is 10.0. The number of nitrogens with one attached hydrogen (secondary N) is 1. The summed E-state index contributed by atoms with van der Waals surface area (Å²) in [6.45, 7) is 2.63. The fourth-order valence-electron chi connectivity index (χ4n) is 4.87. The van der Waals surface area contributed by atoms with Crippen LogP contribution in [0.3, 0.4) is 0 Å². The molecule has 12 nitrogen and oxygen atoms in total. The van der Waals surface area contributed by atoms with Crippen molar-refractivity contribution in [3.63, 3.8) is 0 Å². The number of fused-ring (bicyclic) bond motifs is 3. The van der Waals surface area contributed by atoms with Gasteiger partial charge in [-0.1, -0.05) is 17.4 Å². The molecule has 1 saturated carbocycles. The average molecular weight is 590 g/mol. The molecule has 2 fully saturated rings. The van der Waals surface area contributed by atoms with Crippen LogP contribution in [0.1, 0.15) is 24.3 Å². The molecule has 3 aromatic heterocycles. The maximum Gasteiger partial charge on any atom is 0.291 e. The van der Waals surface area contributed by atoms with Gasteiger partial charge in [0, 0.05) is 25.5 Å². The van der Waals surface area contributed by atoms with Crippen molar-refractivity contribution in [2.24, 2.45) is 0 Å². The maximum atomic E-state index is 13.4. The van der Waals surface area contributed by atoms with E-state index in [-0.39, 0.29) is 16.1 Å². The van der Waals surface area contributed by atoms with E-state index in [1.54, 1.807) is 6.07 Å². The van der Waals surface area contributed by atoms with E-state index in [1.165, 1.54) is 23.0 Å². The van der Waals surface area contributed by atoms with Crippen molar-refractivity contribution in [1.82, 2.24) is 34.4 Å². The highest BCUT2D eigenvalue weighted by atomic mass is 32.2. The van der Waals surface area contributed by atoms with Crippen molar-refractivity contribution >= 4 is 49.1 Å². The number of ether oxygens (including phenoxy) is 1. The quantitative estimate of drug-likeness (QED) is 0.326. The van der Waals surface area contributed by atoms with Crippen molar-refractivity contribution in [1.29, 1.82) is 5.26 Å². The minimum atomic E-state index is -4.06. The highest BCUT2D eigenvalue weighted by molar-refractivity contribution is 7.89. The monoisotopic (exact) mass is 589 g/mol. The normalized spacial score (nSPS) is 19.4. The lowest BCUT2D eigenvalue weighted by molar-refractivity contribution is 0.00910. The molecule has 0 radical (unpaired) electrons. The van der Waals surface area contributed by atoms with Gasteiger partial charge in [-0.3, -0.25) is 9.47 Å². The van der Waals surface area contributed by atoms with E-state index in [1.807, 2.05) is 25.1 Å². The summed E-state index contributed by atoms with van der Waals surface area (Å²) in [4.78, 5) is 13.1. The van der Waals surface area contributed by atoms with E-state index < -0.39 is 27.0 Å². The smallest absolute Gasteiger partial charge is 0.291 e. The lowest BCUT2D eigenvalue weighted by Crippen LogP contribution is -2.48. The second-order valence-corrected chi connectivity index (χ2v) is 12.7. The average Bonchev–Trinajstić information content (AvgIpc) is 3.37. The molecule has 1 saturated heterocycles. The number of nitriles is 1. The Labute approximate surface area is 232 Å². The molecule has 1 aliphatic heterocycles. The van der Waals surface area contributed by atoms with Crippen LogP contribution in [-0.4, -0.2) is 90.0 Å².